The van der Waals surface area contributed by atoms with Gasteiger partial charge in [-0.25, -0.2) is 9.50 Å². The first kappa shape index (κ1) is 18.1. The topological polar surface area (TPSA) is 93.6 Å². The van der Waals surface area contributed by atoms with E-state index in [-0.39, 0.29) is 17.6 Å². The van der Waals surface area contributed by atoms with E-state index in [9.17, 15) is 14.9 Å². The van der Waals surface area contributed by atoms with Crippen molar-refractivity contribution in [3.05, 3.63) is 75.2 Å². The Morgan fingerprint density at radius 2 is 2.18 bits per heavy atom. The van der Waals surface area contributed by atoms with Crippen LogP contribution in [0.25, 0.3) is 11.2 Å². The van der Waals surface area contributed by atoms with Gasteiger partial charge in [-0.3, -0.25) is 14.9 Å². The number of rotatable bonds is 3. The second-order valence-electron chi connectivity index (χ2n) is 6.65. The fraction of sp³-hybridized carbons (Fsp3) is 0.211. The van der Waals surface area contributed by atoms with Crippen molar-refractivity contribution in [2.75, 3.05) is 6.54 Å². The maximum absolute atomic E-state index is 12.9. The van der Waals surface area contributed by atoms with Gasteiger partial charge in [-0.1, -0.05) is 29.8 Å². The van der Waals surface area contributed by atoms with Crippen molar-refractivity contribution in [3.63, 3.8) is 0 Å². The van der Waals surface area contributed by atoms with Gasteiger partial charge >= 0.3 is 0 Å². The van der Waals surface area contributed by atoms with Gasteiger partial charge < -0.3 is 4.90 Å². The van der Waals surface area contributed by atoms with Crippen molar-refractivity contribution >= 4 is 34.4 Å². The molecule has 142 valence electrons. The summed E-state index contributed by atoms with van der Waals surface area (Å²) in [5, 5.41) is 15.7. The highest BCUT2D eigenvalue weighted by Gasteiger charge is 2.27. The fourth-order valence-electron chi connectivity index (χ4n) is 3.34. The van der Waals surface area contributed by atoms with Gasteiger partial charge in [-0.15, -0.1) is 0 Å². The molecular formula is C19H16ClN5O3. The third-order valence-electron chi connectivity index (χ3n) is 4.77. The van der Waals surface area contributed by atoms with Crippen molar-refractivity contribution in [1.82, 2.24) is 19.5 Å². The zero-order valence-electron chi connectivity index (χ0n) is 14.9. The summed E-state index contributed by atoms with van der Waals surface area (Å²) in [7, 11) is 0. The van der Waals surface area contributed by atoms with Crippen LogP contribution in [0.3, 0.4) is 0 Å². The predicted molar refractivity (Wildman–Crippen MR) is 104 cm³/mol. The fourth-order valence-corrected chi connectivity index (χ4v) is 3.49. The largest absolute Gasteiger partial charge is 0.330 e. The molecule has 0 spiro atoms. The molecule has 1 aliphatic rings. The van der Waals surface area contributed by atoms with Crippen LogP contribution >= 0.6 is 11.6 Å². The third kappa shape index (κ3) is 3.34. The number of hydrogen-bond acceptors (Lipinski definition) is 5. The average Bonchev–Trinajstić information content (AvgIpc) is 3.10. The number of halogens is 1. The lowest BCUT2D eigenvalue weighted by atomic mass is 9.94. The Morgan fingerprint density at radius 1 is 1.36 bits per heavy atom. The number of nitro groups is 1. The number of benzene rings is 1. The molecule has 1 amide bonds. The van der Waals surface area contributed by atoms with Gasteiger partial charge in [0.05, 0.1) is 16.1 Å². The van der Waals surface area contributed by atoms with Gasteiger partial charge in [0.15, 0.2) is 11.3 Å². The van der Waals surface area contributed by atoms with Crippen molar-refractivity contribution in [3.8, 4) is 0 Å². The Balaban J connectivity index is 1.58. The first-order chi connectivity index (χ1) is 13.4. The minimum atomic E-state index is -0.407. The molecule has 28 heavy (non-hydrogen) atoms. The SMILES string of the molecule is CC1CC(c2cccc([N+](=O)[O-])c2)=CCN1C(=O)c1cc2ncc(Cl)cn2n1. The van der Waals surface area contributed by atoms with Crippen LogP contribution in [0.1, 0.15) is 29.4 Å². The second kappa shape index (κ2) is 7.05. The third-order valence-corrected chi connectivity index (χ3v) is 4.97. The van der Waals surface area contributed by atoms with Crippen LogP contribution in [0.2, 0.25) is 5.02 Å². The minimum Gasteiger partial charge on any atom is -0.330 e. The first-order valence-electron chi connectivity index (χ1n) is 8.68. The number of nitrogens with zero attached hydrogens (tertiary/aromatic N) is 5. The lowest BCUT2D eigenvalue weighted by Crippen LogP contribution is -2.41. The molecule has 0 saturated carbocycles. The van der Waals surface area contributed by atoms with E-state index >= 15 is 0 Å². The first-order valence-corrected chi connectivity index (χ1v) is 9.06. The summed E-state index contributed by atoms with van der Waals surface area (Å²) in [5.74, 6) is -0.191. The Bertz CT molecular complexity index is 1120. The molecule has 0 fully saturated rings. The van der Waals surface area contributed by atoms with E-state index in [1.165, 1.54) is 16.8 Å². The van der Waals surface area contributed by atoms with Gasteiger partial charge in [-0.2, -0.15) is 5.10 Å². The van der Waals surface area contributed by atoms with E-state index in [2.05, 4.69) is 10.1 Å². The lowest BCUT2D eigenvalue weighted by molar-refractivity contribution is -0.384. The zero-order chi connectivity index (χ0) is 19.8. The predicted octanol–water partition coefficient (Wildman–Crippen LogP) is 3.61. The van der Waals surface area contributed by atoms with Crippen molar-refractivity contribution in [2.45, 2.75) is 19.4 Å². The number of aromatic nitrogens is 3. The standard InChI is InChI=1S/C19H16ClN5O3/c1-12-7-14(13-3-2-4-16(8-13)25(27)28)5-6-23(12)19(26)17-9-18-21-10-15(20)11-24(18)22-17/h2-5,8-12H,6-7H2,1H3. The molecule has 1 unspecified atom stereocenters. The molecule has 9 heteroatoms. The molecule has 0 radical (unpaired) electrons. The van der Waals surface area contributed by atoms with Crippen LogP contribution in [0.5, 0.6) is 0 Å². The van der Waals surface area contributed by atoms with Crippen molar-refractivity contribution in [1.29, 1.82) is 0 Å². The van der Waals surface area contributed by atoms with Gasteiger partial charge in [0.25, 0.3) is 11.6 Å². The maximum atomic E-state index is 12.9. The van der Waals surface area contributed by atoms with Crippen LogP contribution in [0.15, 0.2) is 48.8 Å². The molecule has 0 bridgehead atoms. The number of carbonyl (C=O) groups excluding carboxylic acids is 1. The number of fused-ring (bicyclic) bond motifs is 1. The van der Waals surface area contributed by atoms with Crippen LogP contribution < -0.4 is 0 Å². The minimum absolute atomic E-state index is 0.0559. The number of amides is 1. The Hall–Kier alpha value is -3.26. The van der Waals surface area contributed by atoms with E-state index in [4.69, 9.17) is 11.6 Å². The van der Waals surface area contributed by atoms with E-state index in [0.29, 0.717) is 29.3 Å². The monoisotopic (exact) mass is 397 g/mol. The van der Waals surface area contributed by atoms with Crippen LogP contribution in [0, 0.1) is 10.1 Å². The molecule has 4 rings (SSSR count). The summed E-state index contributed by atoms with van der Waals surface area (Å²) in [5.41, 5.74) is 2.70. The molecule has 3 aromatic rings. The number of hydrogen-bond donors (Lipinski definition) is 0. The average molecular weight is 398 g/mol. The van der Waals surface area contributed by atoms with Gasteiger partial charge in [0, 0.05) is 37.0 Å². The Morgan fingerprint density at radius 3 is 2.93 bits per heavy atom. The molecule has 2 aromatic heterocycles. The summed E-state index contributed by atoms with van der Waals surface area (Å²) in [6.45, 7) is 2.35. The summed E-state index contributed by atoms with van der Waals surface area (Å²) in [4.78, 5) is 29.4. The normalized spacial score (nSPS) is 16.9. The molecule has 1 atom stereocenters. The highest BCUT2D eigenvalue weighted by Crippen LogP contribution is 2.29. The second-order valence-corrected chi connectivity index (χ2v) is 7.09. The van der Waals surface area contributed by atoms with E-state index in [0.717, 1.165) is 11.1 Å². The van der Waals surface area contributed by atoms with Gasteiger partial charge in [-0.05, 0) is 24.5 Å². The van der Waals surface area contributed by atoms with E-state index < -0.39 is 4.92 Å². The van der Waals surface area contributed by atoms with Crippen molar-refractivity contribution in [2.24, 2.45) is 0 Å². The molecular weight excluding hydrogens is 382 g/mol. The molecule has 1 aromatic carbocycles. The van der Waals surface area contributed by atoms with Crippen LogP contribution in [-0.4, -0.2) is 42.9 Å². The smallest absolute Gasteiger partial charge is 0.274 e. The Kier molecular flexibility index (Phi) is 4.56. The summed E-state index contributed by atoms with van der Waals surface area (Å²) < 4.78 is 1.48. The lowest BCUT2D eigenvalue weighted by Gasteiger charge is -2.32. The van der Waals surface area contributed by atoms with E-state index in [1.54, 1.807) is 29.3 Å². The van der Waals surface area contributed by atoms with Crippen LogP contribution in [-0.2, 0) is 0 Å². The summed E-state index contributed by atoms with van der Waals surface area (Å²) in [6, 6.07) is 8.11. The number of non-ortho nitro benzene ring substituents is 1. The Labute approximate surface area is 165 Å². The highest BCUT2D eigenvalue weighted by molar-refractivity contribution is 6.30. The molecule has 3 heterocycles. The zero-order valence-corrected chi connectivity index (χ0v) is 15.7. The molecule has 0 saturated heterocycles. The molecule has 0 aliphatic carbocycles. The quantitative estimate of drug-likeness (QED) is 0.497. The van der Waals surface area contributed by atoms with Crippen LogP contribution in [0.4, 0.5) is 5.69 Å². The van der Waals surface area contributed by atoms with Gasteiger partial charge in [0.1, 0.15) is 0 Å². The summed E-state index contributed by atoms with van der Waals surface area (Å²) >= 11 is 5.92. The highest BCUT2D eigenvalue weighted by atomic mass is 35.5. The molecule has 8 nitrogen and oxygen atoms in total. The molecule has 0 N–H and O–H groups in total. The van der Waals surface area contributed by atoms with Gasteiger partial charge in [0.2, 0.25) is 0 Å². The van der Waals surface area contributed by atoms with E-state index in [1.807, 2.05) is 19.1 Å². The van der Waals surface area contributed by atoms with Crippen molar-refractivity contribution < 1.29 is 9.72 Å². The molecule has 1 aliphatic heterocycles. The number of nitro benzene ring substituents is 1. The summed E-state index contributed by atoms with van der Waals surface area (Å²) in [6.07, 6.45) is 5.64. The number of carbonyl (C=O) groups is 1. The maximum Gasteiger partial charge on any atom is 0.274 e.